The molecule has 0 unspecified atom stereocenters. The summed E-state index contributed by atoms with van der Waals surface area (Å²) < 4.78 is 66.3. The lowest BCUT2D eigenvalue weighted by atomic mass is 9.85. The summed E-state index contributed by atoms with van der Waals surface area (Å²) in [5, 5.41) is 9.02. The largest absolute Gasteiger partial charge is 0.494 e. The van der Waals surface area contributed by atoms with Gasteiger partial charge in [-0.05, 0) is 59.7 Å². The number of halogens is 2. The highest BCUT2D eigenvalue weighted by atomic mass is 32.2. The lowest BCUT2D eigenvalue weighted by Crippen LogP contribution is -2.53. The molecular weight excluding hydrogens is 616 g/mol. The average molecular weight is 650 g/mol. The number of benzene rings is 4. The molecule has 12 heteroatoms. The van der Waals surface area contributed by atoms with Gasteiger partial charge >= 0.3 is 0 Å². The number of carbonyl (C=O) groups excluding carboxylic acids is 1. The minimum absolute atomic E-state index is 0.00171. The van der Waals surface area contributed by atoms with Gasteiger partial charge in [0.1, 0.15) is 17.4 Å². The van der Waals surface area contributed by atoms with Gasteiger partial charge < -0.3 is 14.6 Å². The second-order valence-corrected chi connectivity index (χ2v) is 12.8. The van der Waals surface area contributed by atoms with E-state index >= 15 is 0 Å². The van der Waals surface area contributed by atoms with Crippen molar-refractivity contribution in [2.75, 3.05) is 19.0 Å². The fourth-order valence-electron chi connectivity index (χ4n) is 5.08. The number of sulfone groups is 1. The fraction of sp³-hybridized carbons (Fsp3) is 0.235. The van der Waals surface area contributed by atoms with Crippen LogP contribution in [0.2, 0.25) is 0 Å². The molecule has 0 aromatic heterocycles. The smallest absolute Gasteiger partial charge is 0.266 e. The Bertz CT molecular complexity index is 1750. The number of amides is 1. The number of aliphatic hydroxyl groups excluding tert-OH is 1. The Balaban J connectivity index is 1.50. The van der Waals surface area contributed by atoms with Crippen molar-refractivity contribution in [1.82, 2.24) is 10.9 Å². The molecule has 0 fully saturated rings. The number of hydrazine groups is 1. The quantitative estimate of drug-likeness (QED) is 0.134. The Kier molecular flexibility index (Phi) is 10.4. The number of nitrogens with zero attached hydrogens (tertiary/aromatic N) is 1. The molecule has 5 rings (SSSR count). The lowest BCUT2D eigenvalue weighted by molar-refractivity contribution is -0.130. The van der Waals surface area contributed by atoms with Crippen LogP contribution in [-0.4, -0.2) is 49.8 Å². The van der Waals surface area contributed by atoms with Gasteiger partial charge in [-0.15, -0.1) is 0 Å². The van der Waals surface area contributed by atoms with Crippen LogP contribution in [0.3, 0.4) is 0 Å². The molecule has 1 amide bonds. The maximum atomic E-state index is 14.2. The predicted octanol–water partition coefficient (Wildman–Crippen LogP) is 4.67. The third-order valence-corrected chi connectivity index (χ3v) is 9.14. The van der Waals surface area contributed by atoms with Crippen LogP contribution in [0, 0.1) is 11.6 Å². The first-order valence-corrected chi connectivity index (χ1v) is 16.3. The number of carbonyl (C=O) groups is 1. The molecule has 0 saturated carbocycles. The maximum Gasteiger partial charge on any atom is 0.266 e. The van der Waals surface area contributed by atoms with E-state index in [1.54, 1.807) is 72.8 Å². The zero-order chi connectivity index (χ0) is 32.6. The van der Waals surface area contributed by atoms with E-state index < -0.39 is 44.8 Å². The number of hydrogen-bond donors (Lipinski definition) is 3. The van der Waals surface area contributed by atoms with E-state index in [1.165, 1.54) is 12.1 Å². The number of hydrogen-bond acceptors (Lipinski definition) is 8. The van der Waals surface area contributed by atoms with Crippen molar-refractivity contribution >= 4 is 21.6 Å². The van der Waals surface area contributed by atoms with Gasteiger partial charge in [0, 0.05) is 37.6 Å². The summed E-state index contributed by atoms with van der Waals surface area (Å²) in [6.07, 6.45) is -0.802. The van der Waals surface area contributed by atoms with Gasteiger partial charge in [-0.1, -0.05) is 48.5 Å². The molecule has 0 aliphatic carbocycles. The van der Waals surface area contributed by atoms with Gasteiger partial charge in [0.05, 0.1) is 17.3 Å². The molecule has 3 N–H and O–H groups in total. The van der Waals surface area contributed by atoms with Crippen LogP contribution in [0.1, 0.15) is 35.6 Å². The lowest BCUT2D eigenvalue weighted by Gasteiger charge is -2.30. The van der Waals surface area contributed by atoms with E-state index in [2.05, 4.69) is 10.9 Å². The van der Waals surface area contributed by atoms with Crippen LogP contribution in [-0.2, 0) is 25.9 Å². The van der Waals surface area contributed by atoms with E-state index in [0.717, 1.165) is 18.2 Å². The molecule has 0 spiro atoms. The molecule has 1 aliphatic rings. The molecule has 240 valence electrons. The highest BCUT2D eigenvalue weighted by Crippen LogP contribution is 2.43. The molecule has 0 bridgehead atoms. The van der Waals surface area contributed by atoms with Crippen LogP contribution in [0.5, 0.6) is 5.75 Å². The fourth-order valence-corrected chi connectivity index (χ4v) is 6.47. The van der Waals surface area contributed by atoms with Gasteiger partial charge in [0.15, 0.2) is 21.5 Å². The van der Waals surface area contributed by atoms with Crippen molar-refractivity contribution in [3.63, 3.8) is 0 Å². The van der Waals surface area contributed by atoms with E-state index in [4.69, 9.17) is 19.6 Å². The number of aliphatic hydroxyl groups is 1. The molecular formula is C34H33F2N3O6S. The van der Waals surface area contributed by atoms with Crippen molar-refractivity contribution in [2.45, 2.75) is 35.9 Å². The van der Waals surface area contributed by atoms with Crippen molar-refractivity contribution in [1.29, 1.82) is 0 Å². The van der Waals surface area contributed by atoms with E-state index in [9.17, 15) is 22.0 Å². The summed E-state index contributed by atoms with van der Waals surface area (Å²) in [7, 11) is -3.84. The minimum atomic E-state index is -3.84. The predicted molar refractivity (Wildman–Crippen MR) is 168 cm³/mol. The van der Waals surface area contributed by atoms with Gasteiger partial charge in [0.25, 0.3) is 5.91 Å². The SMILES string of the molecule is O=C(NNCc1cc(F)cc(F)c1)[C@@]1(CCS(=O)(=O)c2ccccc2)N=C(c2ccc(OCCCO)cc2)O[C@H]1c1ccccc1. The van der Waals surface area contributed by atoms with Gasteiger partial charge in [-0.2, -0.15) is 0 Å². The van der Waals surface area contributed by atoms with E-state index in [0.29, 0.717) is 29.9 Å². The third-order valence-electron chi connectivity index (χ3n) is 7.40. The summed E-state index contributed by atoms with van der Waals surface area (Å²) in [5.74, 6) is -1.97. The second kappa shape index (κ2) is 14.6. The number of nitrogens with one attached hydrogen (secondary N) is 2. The van der Waals surface area contributed by atoms with Gasteiger partial charge in [-0.25, -0.2) is 27.6 Å². The van der Waals surface area contributed by atoms with Crippen molar-refractivity contribution in [3.05, 3.63) is 131 Å². The number of aliphatic imine (C=N–C) groups is 1. The summed E-state index contributed by atoms with van der Waals surface area (Å²) in [5.41, 5.74) is 4.87. The maximum absolute atomic E-state index is 14.2. The van der Waals surface area contributed by atoms with Crippen LogP contribution in [0.25, 0.3) is 0 Å². The zero-order valence-corrected chi connectivity index (χ0v) is 25.6. The van der Waals surface area contributed by atoms with Crippen LogP contribution in [0.4, 0.5) is 8.78 Å². The molecule has 1 heterocycles. The summed E-state index contributed by atoms with van der Waals surface area (Å²) >= 11 is 0. The number of ether oxygens (including phenoxy) is 2. The Morgan fingerprint density at radius 2 is 1.59 bits per heavy atom. The van der Waals surface area contributed by atoms with Crippen molar-refractivity contribution < 1.29 is 36.6 Å². The molecule has 46 heavy (non-hydrogen) atoms. The molecule has 9 nitrogen and oxygen atoms in total. The molecule has 2 atom stereocenters. The van der Waals surface area contributed by atoms with Crippen LogP contribution >= 0.6 is 0 Å². The highest BCUT2D eigenvalue weighted by molar-refractivity contribution is 7.91. The standard InChI is InChI=1S/C34H33F2N3O6S/c35-27-20-24(21-28(36)22-27)23-37-39-33(41)34(16-19-46(42,43)30-10-5-2-6-11-30)31(25-8-3-1-4-9-25)45-32(38-34)26-12-14-29(15-13-26)44-18-7-17-40/h1-6,8-15,20-22,31,37,40H,7,16-19,23H2,(H,39,41)/t31-,34-/m0/s1. The summed E-state index contributed by atoms with van der Waals surface area (Å²) in [6, 6.07) is 26.6. The van der Waals surface area contributed by atoms with Crippen LogP contribution < -0.4 is 15.6 Å². The average Bonchev–Trinajstić information content (AvgIpc) is 3.46. The normalized spacial score (nSPS) is 17.6. The zero-order valence-electron chi connectivity index (χ0n) is 24.7. The summed E-state index contributed by atoms with van der Waals surface area (Å²) in [6.45, 7) is 0.212. The Morgan fingerprint density at radius 3 is 2.24 bits per heavy atom. The summed E-state index contributed by atoms with van der Waals surface area (Å²) in [4.78, 5) is 19.1. The van der Waals surface area contributed by atoms with E-state index in [-0.39, 0.29) is 35.9 Å². The van der Waals surface area contributed by atoms with Gasteiger partial charge in [0.2, 0.25) is 5.90 Å². The first-order chi connectivity index (χ1) is 22.2. The Labute approximate surface area is 265 Å². The highest BCUT2D eigenvalue weighted by Gasteiger charge is 2.53. The monoisotopic (exact) mass is 649 g/mol. The molecule has 0 saturated heterocycles. The minimum Gasteiger partial charge on any atom is -0.494 e. The molecule has 4 aromatic rings. The topological polar surface area (TPSA) is 126 Å². The molecule has 0 radical (unpaired) electrons. The van der Waals surface area contributed by atoms with Crippen molar-refractivity contribution in [2.24, 2.45) is 4.99 Å². The van der Waals surface area contributed by atoms with E-state index in [1.807, 2.05) is 0 Å². The molecule has 4 aromatic carbocycles. The number of rotatable bonds is 14. The molecule has 1 aliphatic heterocycles. The Hall–Kier alpha value is -4.65. The third kappa shape index (κ3) is 7.76. The van der Waals surface area contributed by atoms with Gasteiger partial charge in [-0.3, -0.25) is 10.2 Å². The first-order valence-electron chi connectivity index (χ1n) is 14.6. The van der Waals surface area contributed by atoms with Crippen molar-refractivity contribution in [3.8, 4) is 5.75 Å². The Morgan fingerprint density at radius 1 is 0.935 bits per heavy atom. The second-order valence-electron chi connectivity index (χ2n) is 10.7. The first kappa shape index (κ1) is 32.7. The van der Waals surface area contributed by atoms with Crippen LogP contribution in [0.15, 0.2) is 113 Å².